The molecule has 0 bridgehead atoms. The molecule has 1 amide bonds. The molecule has 25 heavy (non-hydrogen) atoms. The largest absolute Gasteiger partial charge is 0.336 e. The van der Waals surface area contributed by atoms with E-state index in [0.29, 0.717) is 10.7 Å². The number of benzene rings is 2. The Bertz CT molecular complexity index is 874. The number of hydrogen-bond acceptors (Lipinski definition) is 3. The van der Waals surface area contributed by atoms with Crippen molar-refractivity contribution >= 4 is 63.5 Å². The van der Waals surface area contributed by atoms with E-state index in [1.807, 2.05) is 43.3 Å². The number of rotatable bonds is 4. The summed E-state index contributed by atoms with van der Waals surface area (Å²) in [7, 11) is 0. The number of imidazole rings is 1. The molecule has 4 nitrogen and oxygen atoms in total. The minimum Gasteiger partial charge on any atom is -0.336 e. The number of halogens is 3. The lowest BCUT2D eigenvalue weighted by Crippen LogP contribution is -2.41. The van der Waals surface area contributed by atoms with Crippen molar-refractivity contribution in [1.29, 1.82) is 0 Å². The van der Waals surface area contributed by atoms with Crippen LogP contribution in [0.1, 0.15) is 15.9 Å². The summed E-state index contributed by atoms with van der Waals surface area (Å²) in [5.41, 5.74) is 3.06. The van der Waals surface area contributed by atoms with E-state index in [4.69, 9.17) is 34.8 Å². The monoisotopic (exact) mass is 413 g/mol. The van der Waals surface area contributed by atoms with Gasteiger partial charge in [0, 0.05) is 5.56 Å². The normalized spacial score (nSPS) is 13.0. The van der Waals surface area contributed by atoms with Crippen LogP contribution in [0.25, 0.3) is 11.0 Å². The number of aromatic nitrogens is 2. The molecule has 2 aromatic carbocycles. The van der Waals surface area contributed by atoms with Crippen LogP contribution >= 0.6 is 46.6 Å². The molecular formula is C17H14Cl3N3OS. The molecule has 0 saturated heterocycles. The van der Waals surface area contributed by atoms with E-state index in [-0.39, 0.29) is 5.91 Å². The summed E-state index contributed by atoms with van der Waals surface area (Å²) in [4.78, 5) is 20.1. The summed E-state index contributed by atoms with van der Waals surface area (Å²) in [6.07, 6.45) is 0. The second-order valence-electron chi connectivity index (χ2n) is 5.39. The lowest BCUT2D eigenvalue weighted by atomic mass is 10.1. The molecule has 2 N–H and O–H groups in total. The van der Waals surface area contributed by atoms with Crippen molar-refractivity contribution in [3.05, 3.63) is 59.7 Å². The van der Waals surface area contributed by atoms with Crippen molar-refractivity contribution in [3.8, 4) is 0 Å². The highest BCUT2D eigenvalue weighted by Gasteiger charge is 2.36. The Morgan fingerprint density at radius 3 is 2.52 bits per heavy atom. The highest BCUT2D eigenvalue weighted by Crippen LogP contribution is 2.39. The topological polar surface area (TPSA) is 57.8 Å². The third kappa shape index (κ3) is 4.42. The quantitative estimate of drug-likeness (QED) is 0.355. The fourth-order valence-electron chi connectivity index (χ4n) is 2.30. The predicted molar refractivity (Wildman–Crippen MR) is 105 cm³/mol. The Labute approximate surface area is 164 Å². The summed E-state index contributed by atoms with van der Waals surface area (Å²) >= 11 is 19.4. The average Bonchev–Trinajstić information content (AvgIpc) is 2.96. The average molecular weight is 415 g/mol. The lowest BCUT2D eigenvalue weighted by molar-refractivity contribution is 0.0949. The molecule has 0 aliphatic carbocycles. The third-order valence-electron chi connectivity index (χ3n) is 3.55. The van der Waals surface area contributed by atoms with Crippen LogP contribution < -0.4 is 5.32 Å². The molecule has 0 saturated carbocycles. The molecule has 130 valence electrons. The van der Waals surface area contributed by atoms with Crippen LogP contribution in [0.4, 0.5) is 0 Å². The number of fused-ring (bicyclic) bond motifs is 1. The smallest absolute Gasteiger partial charge is 0.252 e. The van der Waals surface area contributed by atoms with Gasteiger partial charge in [-0.15, -0.1) is 0 Å². The maximum Gasteiger partial charge on any atom is 0.252 e. The first-order chi connectivity index (χ1) is 11.8. The second-order valence-corrected chi connectivity index (χ2v) is 8.85. The van der Waals surface area contributed by atoms with E-state index in [1.165, 1.54) is 0 Å². The van der Waals surface area contributed by atoms with Gasteiger partial charge in [-0.3, -0.25) is 4.79 Å². The standard InChI is InChI=1S/C17H14Cl3N3OS/c1-10-6-2-3-7-11(10)14(24)23-15(17(18,19)20)25-16-21-12-8-4-5-9-13(12)22-16/h2-9,15H,1H3,(H,21,22)(H,23,24)/t15-/m0/s1. The molecule has 0 spiro atoms. The van der Waals surface area contributed by atoms with E-state index in [1.54, 1.807) is 12.1 Å². The zero-order valence-electron chi connectivity index (χ0n) is 13.1. The van der Waals surface area contributed by atoms with E-state index < -0.39 is 9.17 Å². The molecule has 0 radical (unpaired) electrons. The van der Waals surface area contributed by atoms with Gasteiger partial charge in [-0.1, -0.05) is 76.9 Å². The predicted octanol–water partition coefficient (Wildman–Crippen LogP) is 5.09. The number of aryl methyl sites for hydroxylation is 1. The first-order valence-corrected chi connectivity index (χ1v) is 9.40. The SMILES string of the molecule is Cc1ccccc1C(=O)N[C@@H](Sc1nc2ccccc2[nH]1)C(Cl)(Cl)Cl. The number of aromatic amines is 1. The number of nitrogens with zero attached hydrogens (tertiary/aromatic N) is 1. The number of hydrogen-bond donors (Lipinski definition) is 2. The molecule has 0 unspecified atom stereocenters. The number of H-pyrrole nitrogens is 1. The number of thioether (sulfide) groups is 1. The van der Waals surface area contributed by atoms with Crippen LogP contribution in [0.3, 0.4) is 0 Å². The highest BCUT2D eigenvalue weighted by atomic mass is 35.6. The van der Waals surface area contributed by atoms with Crippen LogP contribution in [0.2, 0.25) is 0 Å². The maximum absolute atomic E-state index is 12.6. The Balaban J connectivity index is 1.83. The number of carbonyl (C=O) groups excluding carboxylic acids is 1. The van der Waals surface area contributed by atoms with E-state index in [2.05, 4.69) is 15.3 Å². The second kappa shape index (κ2) is 7.46. The summed E-state index contributed by atoms with van der Waals surface area (Å²) in [6.45, 7) is 1.85. The summed E-state index contributed by atoms with van der Waals surface area (Å²) in [6, 6.07) is 14.8. The molecule has 0 fully saturated rings. The minimum atomic E-state index is -1.71. The first-order valence-electron chi connectivity index (χ1n) is 7.39. The van der Waals surface area contributed by atoms with Gasteiger partial charge in [-0.05, 0) is 30.7 Å². The van der Waals surface area contributed by atoms with Gasteiger partial charge in [0.25, 0.3) is 5.91 Å². The van der Waals surface area contributed by atoms with E-state index in [9.17, 15) is 4.79 Å². The summed E-state index contributed by atoms with van der Waals surface area (Å²) in [5, 5.41) is 2.52. The molecule has 1 atom stereocenters. The Kier molecular flexibility index (Phi) is 5.49. The maximum atomic E-state index is 12.6. The third-order valence-corrected chi connectivity index (χ3v) is 5.71. The van der Waals surface area contributed by atoms with Gasteiger partial charge in [-0.2, -0.15) is 0 Å². The number of amides is 1. The first kappa shape index (κ1) is 18.4. The highest BCUT2D eigenvalue weighted by molar-refractivity contribution is 8.00. The van der Waals surface area contributed by atoms with Gasteiger partial charge < -0.3 is 10.3 Å². The molecule has 1 aromatic heterocycles. The minimum absolute atomic E-state index is 0.307. The van der Waals surface area contributed by atoms with Crippen molar-refractivity contribution in [1.82, 2.24) is 15.3 Å². The van der Waals surface area contributed by atoms with Gasteiger partial charge >= 0.3 is 0 Å². The van der Waals surface area contributed by atoms with Crippen LogP contribution in [0.5, 0.6) is 0 Å². The van der Waals surface area contributed by atoms with Crippen LogP contribution in [0.15, 0.2) is 53.7 Å². The number of carbonyl (C=O) groups is 1. The van der Waals surface area contributed by atoms with Crippen LogP contribution in [-0.2, 0) is 0 Å². The van der Waals surface area contributed by atoms with Gasteiger partial charge in [0.1, 0.15) is 5.37 Å². The van der Waals surface area contributed by atoms with Crippen LogP contribution in [-0.4, -0.2) is 25.0 Å². The van der Waals surface area contributed by atoms with Gasteiger partial charge in [-0.25, -0.2) is 4.98 Å². The molecule has 3 rings (SSSR count). The van der Waals surface area contributed by atoms with E-state index in [0.717, 1.165) is 28.4 Å². The Morgan fingerprint density at radius 1 is 1.16 bits per heavy atom. The summed E-state index contributed by atoms with van der Waals surface area (Å²) < 4.78 is -1.71. The lowest BCUT2D eigenvalue weighted by Gasteiger charge is -2.24. The van der Waals surface area contributed by atoms with E-state index >= 15 is 0 Å². The van der Waals surface area contributed by atoms with Crippen molar-refractivity contribution < 1.29 is 4.79 Å². The fourth-order valence-corrected chi connectivity index (χ4v) is 3.71. The molecular weight excluding hydrogens is 401 g/mol. The number of alkyl halides is 3. The van der Waals surface area contributed by atoms with Gasteiger partial charge in [0.15, 0.2) is 5.16 Å². The van der Waals surface area contributed by atoms with Gasteiger partial charge in [0.2, 0.25) is 3.79 Å². The van der Waals surface area contributed by atoms with Crippen molar-refractivity contribution in [2.24, 2.45) is 0 Å². The zero-order valence-corrected chi connectivity index (χ0v) is 16.2. The van der Waals surface area contributed by atoms with Gasteiger partial charge in [0.05, 0.1) is 11.0 Å². The molecule has 8 heteroatoms. The van der Waals surface area contributed by atoms with Crippen molar-refractivity contribution in [2.75, 3.05) is 0 Å². The van der Waals surface area contributed by atoms with Crippen molar-refractivity contribution in [3.63, 3.8) is 0 Å². The zero-order chi connectivity index (χ0) is 18.0. The summed E-state index contributed by atoms with van der Waals surface area (Å²) in [5.74, 6) is -0.307. The number of para-hydroxylation sites is 2. The van der Waals surface area contributed by atoms with Crippen molar-refractivity contribution in [2.45, 2.75) is 21.2 Å². The molecule has 3 aromatic rings. The fraction of sp³-hybridized carbons (Fsp3) is 0.176. The number of nitrogens with one attached hydrogen (secondary N) is 2. The molecule has 0 aliphatic heterocycles. The Morgan fingerprint density at radius 2 is 1.84 bits per heavy atom. The molecule has 0 aliphatic rings. The molecule has 1 heterocycles. The van der Waals surface area contributed by atoms with Crippen LogP contribution in [0, 0.1) is 6.92 Å². The Hall–Kier alpha value is -1.40.